The molecule has 1 aromatic heterocycles. The van der Waals surface area contributed by atoms with E-state index in [0.29, 0.717) is 5.56 Å². The Bertz CT molecular complexity index is 476. The van der Waals surface area contributed by atoms with Gasteiger partial charge in [-0.1, -0.05) is 12.1 Å². The van der Waals surface area contributed by atoms with Gasteiger partial charge in [0.2, 0.25) is 0 Å². The van der Waals surface area contributed by atoms with Gasteiger partial charge in [0, 0.05) is 12.4 Å². The summed E-state index contributed by atoms with van der Waals surface area (Å²) in [6, 6.07) is 8.17. The minimum absolute atomic E-state index is 0.375. The molecule has 0 spiro atoms. The van der Waals surface area contributed by atoms with Crippen molar-refractivity contribution in [1.29, 1.82) is 0 Å². The Hall–Kier alpha value is -2.10. The topological polar surface area (TPSA) is 42.2 Å². The molecule has 2 rings (SSSR count). The highest BCUT2D eigenvalue weighted by atomic mass is 19.1. The number of rotatable bonds is 3. The summed E-state index contributed by atoms with van der Waals surface area (Å²) in [6.07, 6.45) is 3.34. The van der Waals surface area contributed by atoms with Crippen LogP contribution in [0, 0.1) is 5.82 Å². The van der Waals surface area contributed by atoms with E-state index in [-0.39, 0.29) is 5.82 Å². The molecule has 2 aromatic rings. The van der Waals surface area contributed by atoms with Crippen molar-refractivity contribution in [3.8, 4) is 0 Å². The first-order valence-corrected chi connectivity index (χ1v) is 4.79. The molecule has 0 aliphatic carbocycles. The molecule has 0 amide bonds. The molecule has 0 bridgehead atoms. The van der Waals surface area contributed by atoms with Crippen molar-refractivity contribution < 1.29 is 14.3 Å². The van der Waals surface area contributed by atoms with Gasteiger partial charge in [0.25, 0.3) is 0 Å². The predicted octanol–water partition coefficient (Wildman–Crippen LogP) is 2.30. The van der Waals surface area contributed by atoms with Gasteiger partial charge in [-0.15, -0.1) is 0 Å². The second-order valence-electron chi connectivity index (χ2n) is 3.42. The van der Waals surface area contributed by atoms with E-state index in [1.165, 1.54) is 24.3 Å². The second-order valence-corrected chi connectivity index (χ2v) is 3.42. The second kappa shape index (κ2) is 4.18. The first-order valence-electron chi connectivity index (χ1n) is 4.79. The molecule has 0 radical (unpaired) electrons. The van der Waals surface area contributed by atoms with Crippen molar-refractivity contribution in [3.05, 3.63) is 60.2 Å². The number of benzene rings is 1. The predicted molar refractivity (Wildman–Crippen MR) is 56.6 cm³/mol. The van der Waals surface area contributed by atoms with Crippen molar-refractivity contribution in [2.24, 2.45) is 0 Å². The van der Waals surface area contributed by atoms with Gasteiger partial charge in [-0.2, -0.15) is 0 Å². The molecule has 0 aliphatic rings. The van der Waals surface area contributed by atoms with Gasteiger partial charge >= 0.3 is 5.97 Å². The zero-order valence-electron chi connectivity index (χ0n) is 8.38. The molecular formula is C12H10FNO2. The Morgan fingerprint density at radius 3 is 2.25 bits per heavy atom. The molecule has 1 unspecified atom stereocenters. The number of carboxylic acid groups (broad SMARTS) is 1. The molecule has 3 nitrogen and oxygen atoms in total. The molecule has 1 N–H and O–H groups in total. The quantitative estimate of drug-likeness (QED) is 0.860. The highest BCUT2D eigenvalue weighted by molar-refractivity contribution is 5.76. The molecular weight excluding hydrogens is 209 g/mol. The molecule has 1 aromatic carbocycles. The standard InChI is InChI=1S/C12H10FNO2/c13-10-5-3-9(4-6-10)11(12(15)16)14-7-1-2-8-14/h1-8,11H,(H,15,16). The van der Waals surface area contributed by atoms with Gasteiger partial charge in [-0.05, 0) is 29.8 Å². The van der Waals surface area contributed by atoms with Crippen molar-refractivity contribution in [3.63, 3.8) is 0 Å². The third kappa shape index (κ3) is 1.95. The van der Waals surface area contributed by atoms with E-state index in [1.807, 2.05) is 0 Å². The average Bonchev–Trinajstić information content (AvgIpc) is 2.74. The summed E-state index contributed by atoms with van der Waals surface area (Å²) in [4.78, 5) is 11.2. The lowest BCUT2D eigenvalue weighted by atomic mass is 10.1. The molecule has 0 fully saturated rings. The van der Waals surface area contributed by atoms with E-state index in [9.17, 15) is 9.18 Å². The van der Waals surface area contributed by atoms with E-state index in [2.05, 4.69) is 0 Å². The Morgan fingerprint density at radius 1 is 1.19 bits per heavy atom. The number of carboxylic acids is 1. The van der Waals surface area contributed by atoms with E-state index in [0.717, 1.165) is 0 Å². The lowest BCUT2D eigenvalue weighted by Crippen LogP contribution is -2.18. The van der Waals surface area contributed by atoms with Crippen molar-refractivity contribution in [2.75, 3.05) is 0 Å². The maximum absolute atomic E-state index is 12.7. The van der Waals surface area contributed by atoms with E-state index < -0.39 is 12.0 Å². The van der Waals surface area contributed by atoms with Crippen LogP contribution in [0.1, 0.15) is 11.6 Å². The number of carbonyl (C=O) groups is 1. The normalized spacial score (nSPS) is 12.3. The Labute approximate surface area is 91.8 Å². The monoisotopic (exact) mass is 219 g/mol. The summed E-state index contributed by atoms with van der Waals surface area (Å²) in [5.74, 6) is -1.34. The Morgan fingerprint density at radius 2 is 1.75 bits per heavy atom. The fourth-order valence-electron chi connectivity index (χ4n) is 1.61. The zero-order chi connectivity index (χ0) is 11.5. The number of aromatic nitrogens is 1. The summed E-state index contributed by atoms with van der Waals surface area (Å²) in [5, 5.41) is 9.15. The number of hydrogen-bond acceptors (Lipinski definition) is 1. The van der Waals surface area contributed by atoms with Crippen molar-refractivity contribution >= 4 is 5.97 Å². The molecule has 0 aliphatic heterocycles. The molecule has 82 valence electrons. The summed E-state index contributed by atoms with van der Waals surface area (Å²) >= 11 is 0. The molecule has 1 heterocycles. The fraction of sp³-hybridized carbons (Fsp3) is 0.0833. The highest BCUT2D eigenvalue weighted by Gasteiger charge is 2.20. The van der Waals surface area contributed by atoms with Crippen LogP contribution in [0.5, 0.6) is 0 Å². The smallest absolute Gasteiger partial charge is 0.331 e. The maximum Gasteiger partial charge on any atom is 0.331 e. The van der Waals surface area contributed by atoms with Crippen LogP contribution in [0.3, 0.4) is 0 Å². The largest absolute Gasteiger partial charge is 0.479 e. The van der Waals surface area contributed by atoms with E-state index >= 15 is 0 Å². The van der Waals surface area contributed by atoms with Gasteiger partial charge in [-0.3, -0.25) is 0 Å². The van der Waals surface area contributed by atoms with Crippen LogP contribution in [-0.4, -0.2) is 15.6 Å². The highest BCUT2D eigenvalue weighted by Crippen LogP contribution is 2.19. The van der Waals surface area contributed by atoms with Crippen LogP contribution in [0.2, 0.25) is 0 Å². The third-order valence-electron chi connectivity index (χ3n) is 2.35. The summed E-state index contributed by atoms with van der Waals surface area (Å²) in [5.41, 5.74) is 0.546. The lowest BCUT2D eigenvalue weighted by Gasteiger charge is -2.14. The van der Waals surface area contributed by atoms with Crippen LogP contribution < -0.4 is 0 Å². The molecule has 4 heteroatoms. The van der Waals surface area contributed by atoms with E-state index in [4.69, 9.17) is 5.11 Å². The van der Waals surface area contributed by atoms with Crippen LogP contribution in [-0.2, 0) is 4.79 Å². The first kappa shape index (κ1) is 10.4. The molecule has 1 atom stereocenters. The fourth-order valence-corrected chi connectivity index (χ4v) is 1.61. The van der Waals surface area contributed by atoms with Gasteiger partial charge in [0.15, 0.2) is 6.04 Å². The summed E-state index contributed by atoms with van der Waals surface area (Å²) in [6.45, 7) is 0. The SMILES string of the molecule is O=C(O)C(c1ccc(F)cc1)n1cccc1. The number of aliphatic carboxylic acids is 1. The first-order chi connectivity index (χ1) is 7.68. The van der Waals surface area contributed by atoms with Crippen molar-refractivity contribution in [2.45, 2.75) is 6.04 Å². The average molecular weight is 219 g/mol. The van der Waals surface area contributed by atoms with Gasteiger partial charge in [0.05, 0.1) is 0 Å². The number of nitrogens with zero attached hydrogens (tertiary/aromatic N) is 1. The molecule has 0 saturated carbocycles. The molecule has 0 saturated heterocycles. The zero-order valence-corrected chi connectivity index (χ0v) is 8.38. The van der Waals surface area contributed by atoms with Gasteiger partial charge in [0.1, 0.15) is 5.82 Å². The maximum atomic E-state index is 12.7. The van der Waals surface area contributed by atoms with Gasteiger partial charge < -0.3 is 9.67 Å². The number of hydrogen-bond donors (Lipinski definition) is 1. The van der Waals surface area contributed by atoms with Crippen LogP contribution >= 0.6 is 0 Å². The number of halogens is 1. The van der Waals surface area contributed by atoms with Gasteiger partial charge in [-0.25, -0.2) is 9.18 Å². The Balaban J connectivity index is 2.41. The minimum Gasteiger partial charge on any atom is -0.479 e. The summed E-state index contributed by atoms with van der Waals surface area (Å²) < 4.78 is 14.3. The van der Waals surface area contributed by atoms with Crippen LogP contribution in [0.25, 0.3) is 0 Å². The van der Waals surface area contributed by atoms with E-state index in [1.54, 1.807) is 29.1 Å². The molecule has 16 heavy (non-hydrogen) atoms. The van der Waals surface area contributed by atoms with Crippen LogP contribution in [0.4, 0.5) is 4.39 Å². The van der Waals surface area contributed by atoms with Crippen molar-refractivity contribution in [1.82, 2.24) is 4.57 Å². The minimum atomic E-state index is -0.970. The third-order valence-corrected chi connectivity index (χ3v) is 2.35. The summed E-state index contributed by atoms with van der Waals surface area (Å²) in [7, 11) is 0. The Kier molecular flexibility index (Phi) is 2.72. The lowest BCUT2D eigenvalue weighted by molar-refractivity contribution is -0.139. The van der Waals surface area contributed by atoms with Crippen LogP contribution in [0.15, 0.2) is 48.8 Å².